The summed E-state index contributed by atoms with van der Waals surface area (Å²) in [6, 6.07) is 0. The molecular formula is C23H39NO4. The maximum absolute atomic E-state index is 12.2. The number of ether oxygens (including phenoxy) is 2. The van der Waals surface area contributed by atoms with Gasteiger partial charge in [-0.15, -0.1) is 0 Å². The second-order valence-corrected chi connectivity index (χ2v) is 10.3. The lowest BCUT2D eigenvalue weighted by molar-refractivity contribution is -0.150. The summed E-state index contributed by atoms with van der Waals surface area (Å²) in [7, 11) is 3.98. The van der Waals surface area contributed by atoms with Crippen LogP contribution in [0.3, 0.4) is 0 Å². The smallest absolute Gasteiger partial charge is 0.305 e. The molecule has 4 bridgehead atoms. The Morgan fingerprint density at radius 3 is 1.93 bits per heavy atom. The number of hydrogen-bond donors (Lipinski definition) is 0. The zero-order valence-corrected chi connectivity index (χ0v) is 18.1. The Morgan fingerprint density at radius 1 is 0.929 bits per heavy atom. The van der Waals surface area contributed by atoms with E-state index in [2.05, 4.69) is 4.90 Å². The van der Waals surface area contributed by atoms with E-state index >= 15 is 0 Å². The van der Waals surface area contributed by atoms with Gasteiger partial charge in [-0.1, -0.05) is 6.92 Å². The molecule has 4 saturated carbocycles. The maximum atomic E-state index is 12.2. The number of esters is 2. The third-order valence-electron chi connectivity index (χ3n) is 7.07. The Balaban J connectivity index is 1.28. The lowest BCUT2D eigenvalue weighted by Crippen LogP contribution is -2.46. The average molecular weight is 394 g/mol. The highest BCUT2D eigenvalue weighted by molar-refractivity contribution is 5.69. The minimum Gasteiger partial charge on any atom is -0.465 e. The fourth-order valence-electron chi connectivity index (χ4n) is 6.17. The van der Waals surface area contributed by atoms with E-state index in [-0.39, 0.29) is 17.9 Å². The molecule has 4 aliphatic carbocycles. The molecule has 160 valence electrons. The first-order valence-corrected chi connectivity index (χ1v) is 11.3. The third kappa shape index (κ3) is 6.20. The van der Waals surface area contributed by atoms with Crippen molar-refractivity contribution < 1.29 is 19.1 Å². The quantitative estimate of drug-likeness (QED) is 0.496. The van der Waals surface area contributed by atoms with E-state index in [1.807, 2.05) is 21.0 Å². The Morgan fingerprint density at radius 2 is 1.43 bits per heavy atom. The fraction of sp³-hybridized carbons (Fsp3) is 0.913. The van der Waals surface area contributed by atoms with E-state index in [1.165, 1.54) is 38.5 Å². The van der Waals surface area contributed by atoms with Crippen molar-refractivity contribution in [2.75, 3.05) is 33.9 Å². The standard InChI is InChI=1S/C23H39NO4/c1-17(15-27-21(25)5-4-8-24(2)3)16-28-22(26)6-7-23-12-18-9-19(13-23)11-20(10-18)14-23/h17-20H,4-16H2,1-3H3. The number of nitrogens with zero attached hydrogens (tertiary/aromatic N) is 1. The van der Waals surface area contributed by atoms with E-state index < -0.39 is 0 Å². The molecule has 0 amide bonds. The molecule has 4 rings (SSSR count). The van der Waals surface area contributed by atoms with Gasteiger partial charge in [0, 0.05) is 18.8 Å². The van der Waals surface area contributed by atoms with Gasteiger partial charge in [0.1, 0.15) is 0 Å². The second kappa shape index (κ2) is 9.60. The molecule has 0 spiro atoms. The normalized spacial score (nSPS) is 31.8. The van der Waals surface area contributed by atoms with Crippen LogP contribution < -0.4 is 0 Å². The first-order valence-electron chi connectivity index (χ1n) is 11.3. The highest BCUT2D eigenvalue weighted by Crippen LogP contribution is 2.61. The average Bonchev–Trinajstić information content (AvgIpc) is 2.61. The molecule has 0 N–H and O–H groups in total. The Bertz CT molecular complexity index is 509. The maximum Gasteiger partial charge on any atom is 0.305 e. The third-order valence-corrected chi connectivity index (χ3v) is 7.07. The van der Waals surface area contributed by atoms with Crippen LogP contribution in [0.4, 0.5) is 0 Å². The molecule has 0 radical (unpaired) electrons. The van der Waals surface area contributed by atoms with Gasteiger partial charge in [-0.3, -0.25) is 9.59 Å². The first kappa shape index (κ1) is 21.6. The SMILES string of the molecule is CC(COC(=O)CCCN(C)C)COC(=O)CCC12CC3CC(CC(C3)C1)C2. The molecule has 28 heavy (non-hydrogen) atoms. The molecule has 5 heteroatoms. The van der Waals surface area contributed by atoms with Crippen LogP contribution >= 0.6 is 0 Å². The van der Waals surface area contributed by atoms with Crippen LogP contribution in [0.25, 0.3) is 0 Å². The molecule has 0 aliphatic heterocycles. The largest absolute Gasteiger partial charge is 0.465 e. The number of rotatable bonds is 11. The summed E-state index contributed by atoms with van der Waals surface area (Å²) >= 11 is 0. The van der Waals surface area contributed by atoms with Gasteiger partial charge >= 0.3 is 11.9 Å². The number of carbonyl (C=O) groups is 2. The van der Waals surface area contributed by atoms with Gasteiger partial charge in [-0.05, 0) is 95.2 Å². The second-order valence-electron chi connectivity index (χ2n) is 10.3. The molecule has 4 aliphatic rings. The molecule has 0 saturated heterocycles. The number of hydrogen-bond acceptors (Lipinski definition) is 5. The van der Waals surface area contributed by atoms with Gasteiger partial charge in [-0.2, -0.15) is 0 Å². The Hall–Kier alpha value is -1.10. The van der Waals surface area contributed by atoms with Crippen molar-refractivity contribution in [2.24, 2.45) is 29.1 Å². The lowest BCUT2D eigenvalue weighted by Gasteiger charge is -2.57. The molecule has 5 nitrogen and oxygen atoms in total. The van der Waals surface area contributed by atoms with Crippen molar-refractivity contribution in [3.8, 4) is 0 Å². The van der Waals surface area contributed by atoms with Gasteiger partial charge in [0.15, 0.2) is 0 Å². The molecule has 0 aromatic heterocycles. The monoisotopic (exact) mass is 393 g/mol. The van der Waals surface area contributed by atoms with Crippen LogP contribution in [0.2, 0.25) is 0 Å². The molecular weight excluding hydrogens is 354 g/mol. The Kier molecular flexibility index (Phi) is 7.41. The van der Waals surface area contributed by atoms with Gasteiger partial charge in [0.05, 0.1) is 13.2 Å². The topological polar surface area (TPSA) is 55.8 Å². The molecule has 1 atom stereocenters. The van der Waals surface area contributed by atoms with Crippen molar-refractivity contribution in [1.82, 2.24) is 4.90 Å². The van der Waals surface area contributed by atoms with Crippen LogP contribution in [0.1, 0.15) is 71.1 Å². The van der Waals surface area contributed by atoms with Gasteiger partial charge < -0.3 is 14.4 Å². The van der Waals surface area contributed by atoms with E-state index in [4.69, 9.17) is 9.47 Å². The zero-order chi connectivity index (χ0) is 20.1. The van der Waals surface area contributed by atoms with Crippen molar-refractivity contribution in [2.45, 2.75) is 71.1 Å². The van der Waals surface area contributed by atoms with Crippen LogP contribution in [0, 0.1) is 29.1 Å². The molecule has 4 fully saturated rings. The van der Waals surface area contributed by atoms with E-state index in [0.717, 1.165) is 37.1 Å². The van der Waals surface area contributed by atoms with Crippen LogP contribution in [0.5, 0.6) is 0 Å². The fourth-order valence-corrected chi connectivity index (χ4v) is 6.17. The summed E-state index contributed by atoms with van der Waals surface area (Å²) in [5.41, 5.74) is 0.432. The predicted molar refractivity (Wildman–Crippen MR) is 109 cm³/mol. The predicted octanol–water partition coefficient (Wildman–Crippen LogP) is 4.05. The van der Waals surface area contributed by atoms with Gasteiger partial charge in [0.2, 0.25) is 0 Å². The minimum atomic E-state index is -0.165. The van der Waals surface area contributed by atoms with Crippen molar-refractivity contribution in [1.29, 1.82) is 0 Å². The first-order chi connectivity index (χ1) is 13.3. The highest BCUT2D eigenvalue weighted by atomic mass is 16.5. The van der Waals surface area contributed by atoms with Crippen molar-refractivity contribution >= 4 is 11.9 Å². The zero-order valence-electron chi connectivity index (χ0n) is 18.1. The summed E-state index contributed by atoms with van der Waals surface area (Å²) in [6.45, 7) is 3.50. The summed E-state index contributed by atoms with van der Waals surface area (Å²) in [4.78, 5) is 26.0. The number of carbonyl (C=O) groups excluding carboxylic acids is 2. The minimum absolute atomic E-state index is 0.0429. The summed E-state index contributed by atoms with van der Waals surface area (Å²) in [5.74, 6) is 2.57. The summed E-state index contributed by atoms with van der Waals surface area (Å²) in [6.07, 6.45) is 11.1. The van der Waals surface area contributed by atoms with E-state index in [1.54, 1.807) is 0 Å². The van der Waals surface area contributed by atoms with Crippen molar-refractivity contribution in [3.05, 3.63) is 0 Å². The lowest BCUT2D eigenvalue weighted by atomic mass is 9.48. The molecule has 0 heterocycles. The molecule has 0 aromatic rings. The highest BCUT2D eigenvalue weighted by Gasteiger charge is 2.50. The van der Waals surface area contributed by atoms with Gasteiger partial charge in [0.25, 0.3) is 0 Å². The van der Waals surface area contributed by atoms with Crippen LogP contribution in [-0.2, 0) is 19.1 Å². The van der Waals surface area contributed by atoms with Crippen LogP contribution in [-0.4, -0.2) is 50.7 Å². The van der Waals surface area contributed by atoms with Gasteiger partial charge in [-0.25, -0.2) is 0 Å². The Labute approximate surface area is 170 Å². The van der Waals surface area contributed by atoms with E-state index in [0.29, 0.717) is 31.5 Å². The van der Waals surface area contributed by atoms with Crippen molar-refractivity contribution in [3.63, 3.8) is 0 Å². The molecule has 1 unspecified atom stereocenters. The van der Waals surface area contributed by atoms with E-state index in [9.17, 15) is 9.59 Å². The van der Waals surface area contributed by atoms with Crippen LogP contribution in [0.15, 0.2) is 0 Å². The summed E-state index contributed by atoms with van der Waals surface area (Å²) in [5, 5.41) is 0. The summed E-state index contributed by atoms with van der Waals surface area (Å²) < 4.78 is 10.8. The molecule has 0 aromatic carbocycles.